The number of non-ortho nitro benzene ring substituents is 1. The lowest BCUT2D eigenvalue weighted by Gasteiger charge is -2.13. The van der Waals surface area contributed by atoms with Crippen molar-refractivity contribution < 1.29 is 14.5 Å². The number of rotatable bonds is 6. The Morgan fingerprint density at radius 3 is 2.70 bits per heavy atom. The molecule has 0 radical (unpaired) electrons. The fraction of sp³-hybridized carbons (Fsp3) is 0.158. The minimum Gasteiger partial charge on any atom is -0.490 e. The first-order chi connectivity index (χ1) is 12.9. The van der Waals surface area contributed by atoms with E-state index in [2.05, 4.69) is 15.5 Å². The molecule has 0 atom stereocenters. The third-order valence-electron chi connectivity index (χ3n) is 3.68. The molecular weight excluding hydrogens is 348 g/mol. The summed E-state index contributed by atoms with van der Waals surface area (Å²) in [4.78, 5) is 23.0. The molecule has 8 heteroatoms. The zero-order valence-electron chi connectivity index (χ0n) is 14.8. The Bertz CT molecular complexity index is 981. The van der Waals surface area contributed by atoms with Gasteiger partial charge in [-0.3, -0.25) is 20.0 Å². The van der Waals surface area contributed by atoms with Crippen LogP contribution in [-0.4, -0.2) is 27.1 Å². The van der Waals surface area contributed by atoms with E-state index in [1.165, 1.54) is 12.1 Å². The topological polar surface area (TPSA) is 110 Å². The van der Waals surface area contributed by atoms with Crippen molar-refractivity contribution >= 4 is 17.4 Å². The van der Waals surface area contributed by atoms with Gasteiger partial charge >= 0.3 is 0 Å². The number of nitrogens with one attached hydrogen (secondary N) is 2. The van der Waals surface area contributed by atoms with Crippen molar-refractivity contribution in [3.8, 4) is 17.0 Å². The van der Waals surface area contributed by atoms with E-state index in [4.69, 9.17) is 4.74 Å². The Morgan fingerprint density at radius 1 is 1.19 bits per heavy atom. The van der Waals surface area contributed by atoms with Crippen LogP contribution in [0.4, 0.5) is 11.5 Å². The number of hydrogen-bond donors (Lipinski definition) is 2. The second kappa shape index (κ2) is 7.69. The van der Waals surface area contributed by atoms with Crippen LogP contribution in [-0.2, 0) is 0 Å². The number of H-pyrrole nitrogens is 1. The first-order valence-electron chi connectivity index (χ1n) is 8.31. The van der Waals surface area contributed by atoms with Crippen molar-refractivity contribution in [2.45, 2.75) is 20.0 Å². The number of nitro groups is 1. The van der Waals surface area contributed by atoms with Crippen LogP contribution in [0.3, 0.4) is 0 Å². The smallest absolute Gasteiger partial charge is 0.270 e. The first-order valence-corrected chi connectivity index (χ1v) is 8.31. The number of para-hydroxylation sites is 1. The molecular formula is C19H18N4O4. The molecule has 1 aromatic heterocycles. The van der Waals surface area contributed by atoms with Gasteiger partial charge in [-0.15, -0.1) is 0 Å². The van der Waals surface area contributed by atoms with Gasteiger partial charge in [0.1, 0.15) is 5.75 Å². The number of carbonyl (C=O) groups excluding carboxylic acids is 1. The largest absolute Gasteiger partial charge is 0.490 e. The van der Waals surface area contributed by atoms with Crippen LogP contribution in [0.5, 0.6) is 5.75 Å². The van der Waals surface area contributed by atoms with Gasteiger partial charge in [0.2, 0.25) is 0 Å². The Labute approximate surface area is 155 Å². The van der Waals surface area contributed by atoms with Crippen LogP contribution in [0.2, 0.25) is 0 Å². The summed E-state index contributed by atoms with van der Waals surface area (Å²) in [5, 5.41) is 20.4. The summed E-state index contributed by atoms with van der Waals surface area (Å²) in [6, 6.07) is 14.7. The van der Waals surface area contributed by atoms with Gasteiger partial charge in [0.25, 0.3) is 11.6 Å². The molecule has 138 valence electrons. The number of aromatic nitrogens is 2. The third kappa shape index (κ3) is 4.30. The van der Waals surface area contributed by atoms with Gasteiger partial charge in [-0.2, -0.15) is 5.10 Å². The maximum atomic E-state index is 12.6. The van der Waals surface area contributed by atoms with E-state index >= 15 is 0 Å². The van der Waals surface area contributed by atoms with E-state index in [-0.39, 0.29) is 17.7 Å². The van der Waals surface area contributed by atoms with Crippen molar-refractivity contribution in [3.63, 3.8) is 0 Å². The molecule has 0 fully saturated rings. The molecule has 3 aromatic rings. The quantitative estimate of drug-likeness (QED) is 0.505. The van der Waals surface area contributed by atoms with Gasteiger partial charge in [-0.1, -0.05) is 24.3 Å². The number of hydrogen-bond acceptors (Lipinski definition) is 5. The number of anilines is 1. The van der Waals surface area contributed by atoms with E-state index in [1.54, 1.807) is 42.5 Å². The van der Waals surface area contributed by atoms with Crippen molar-refractivity contribution in [3.05, 3.63) is 70.3 Å². The highest BCUT2D eigenvalue weighted by molar-refractivity contribution is 6.05. The molecule has 2 aromatic carbocycles. The summed E-state index contributed by atoms with van der Waals surface area (Å²) in [5.74, 6) is 0.434. The standard InChI is InChI=1S/C19H18N4O4/c1-12(2)27-17-9-4-3-8-15(17)19(24)20-18-11-16(21-22-18)13-6-5-7-14(10-13)23(25)26/h3-12H,1-2H3,(H2,20,21,22,24). The Hall–Kier alpha value is -3.68. The molecule has 0 aliphatic rings. The summed E-state index contributed by atoms with van der Waals surface area (Å²) < 4.78 is 5.66. The number of nitrogens with zero attached hydrogens (tertiary/aromatic N) is 2. The minimum absolute atomic E-state index is 0.0209. The molecule has 8 nitrogen and oxygen atoms in total. The minimum atomic E-state index is -0.464. The molecule has 27 heavy (non-hydrogen) atoms. The highest BCUT2D eigenvalue weighted by Gasteiger charge is 2.15. The molecule has 1 heterocycles. The lowest BCUT2D eigenvalue weighted by atomic mass is 10.1. The highest BCUT2D eigenvalue weighted by atomic mass is 16.6. The van der Waals surface area contributed by atoms with Gasteiger partial charge in [-0.05, 0) is 26.0 Å². The van der Waals surface area contributed by atoms with Crippen molar-refractivity contribution in [2.75, 3.05) is 5.32 Å². The molecule has 3 rings (SSSR count). The zero-order chi connectivity index (χ0) is 19.4. The van der Waals surface area contributed by atoms with Crippen LogP contribution < -0.4 is 10.1 Å². The number of aromatic amines is 1. The summed E-state index contributed by atoms with van der Waals surface area (Å²) >= 11 is 0. The fourth-order valence-corrected chi connectivity index (χ4v) is 2.52. The van der Waals surface area contributed by atoms with Crippen LogP contribution in [0.1, 0.15) is 24.2 Å². The summed E-state index contributed by atoms with van der Waals surface area (Å²) in [6.07, 6.45) is -0.0650. The van der Waals surface area contributed by atoms with Gasteiger partial charge in [0.05, 0.1) is 22.3 Å². The second-order valence-corrected chi connectivity index (χ2v) is 6.09. The second-order valence-electron chi connectivity index (χ2n) is 6.09. The third-order valence-corrected chi connectivity index (χ3v) is 3.68. The lowest BCUT2D eigenvalue weighted by molar-refractivity contribution is -0.384. The Morgan fingerprint density at radius 2 is 1.96 bits per heavy atom. The fourth-order valence-electron chi connectivity index (χ4n) is 2.52. The SMILES string of the molecule is CC(C)Oc1ccccc1C(=O)Nc1cc(-c2cccc([N+](=O)[O-])c2)[nH]n1. The molecule has 2 N–H and O–H groups in total. The number of amides is 1. The summed E-state index contributed by atoms with van der Waals surface area (Å²) in [6.45, 7) is 3.77. The number of benzene rings is 2. The van der Waals surface area contributed by atoms with Crippen molar-refractivity contribution in [1.29, 1.82) is 0 Å². The monoisotopic (exact) mass is 366 g/mol. The molecule has 1 amide bonds. The van der Waals surface area contributed by atoms with E-state index in [0.29, 0.717) is 28.4 Å². The predicted octanol–water partition coefficient (Wildman–Crippen LogP) is 4.02. The Balaban J connectivity index is 1.79. The maximum Gasteiger partial charge on any atom is 0.270 e. The van der Waals surface area contributed by atoms with Gasteiger partial charge in [0.15, 0.2) is 5.82 Å². The van der Waals surface area contributed by atoms with Crippen LogP contribution >= 0.6 is 0 Å². The summed E-state index contributed by atoms with van der Waals surface area (Å²) in [5.41, 5.74) is 1.53. The average Bonchev–Trinajstić information content (AvgIpc) is 3.10. The van der Waals surface area contributed by atoms with Crippen molar-refractivity contribution in [2.24, 2.45) is 0 Å². The van der Waals surface area contributed by atoms with E-state index in [0.717, 1.165) is 0 Å². The molecule has 0 unspecified atom stereocenters. The van der Waals surface area contributed by atoms with Gasteiger partial charge in [0, 0.05) is 23.8 Å². The summed E-state index contributed by atoms with van der Waals surface area (Å²) in [7, 11) is 0. The molecule has 0 aliphatic carbocycles. The number of carbonyl (C=O) groups is 1. The number of ether oxygens (including phenoxy) is 1. The predicted molar refractivity (Wildman–Crippen MR) is 101 cm³/mol. The number of nitro benzene ring substituents is 1. The van der Waals surface area contributed by atoms with Crippen molar-refractivity contribution in [1.82, 2.24) is 10.2 Å². The lowest BCUT2D eigenvalue weighted by Crippen LogP contribution is -2.15. The first kappa shape index (κ1) is 18.1. The molecule has 0 saturated heterocycles. The molecule has 0 bridgehead atoms. The molecule has 0 saturated carbocycles. The van der Waals surface area contributed by atoms with Gasteiger partial charge < -0.3 is 10.1 Å². The normalized spacial score (nSPS) is 10.6. The highest BCUT2D eigenvalue weighted by Crippen LogP contribution is 2.25. The average molecular weight is 366 g/mol. The van der Waals surface area contributed by atoms with Crippen LogP contribution in [0.25, 0.3) is 11.3 Å². The van der Waals surface area contributed by atoms with Gasteiger partial charge in [-0.25, -0.2) is 0 Å². The van der Waals surface area contributed by atoms with E-state index < -0.39 is 4.92 Å². The Kier molecular flexibility index (Phi) is 5.16. The molecule has 0 spiro atoms. The van der Waals surface area contributed by atoms with E-state index in [9.17, 15) is 14.9 Å². The molecule has 0 aliphatic heterocycles. The maximum absolute atomic E-state index is 12.6. The van der Waals surface area contributed by atoms with E-state index in [1.807, 2.05) is 13.8 Å². The zero-order valence-corrected chi connectivity index (χ0v) is 14.8. The van der Waals surface area contributed by atoms with Crippen LogP contribution in [0, 0.1) is 10.1 Å². The van der Waals surface area contributed by atoms with Crippen LogP contribution in [0.15, 0.2) is 54.6 Å².